The number of aliphatic imine (C=N–C) groups is 1. The average Bonchev–Trinajstić information content (AvgIpc) is 3.81. The maximum Gasteiger partial charge on any atom is 0.217 e. The summed E-state index contributed by atoms with van der Waals surface area (Å²) in [5, 5.41) is 4.72. The minimum atomic E-state index is -1.54. The molecule has 0 bridgehead atoms. The Hall–Kier alpha value is -5.68. The molecule has 1 aliphatic heterocycles. The van der Waals surface area contributed by atoms with E-state index >= 15 is 0 Å². The number of nitrogens with zero attached hydrogens (tertiary/aromatic N) is 4. The molecule has 0 fully saturated rings. The zero-order chi connectivity index (χ0) is 40.6. The molecule has 5 nitrogen and oxygen atoms in total. The van der Waals surface area contributed by atoms with Crippen LogP contribution in [0.1, 0.15) is 107 Å². The molecule has 0 saturated carbocycles. The minimum absolute atomic E-state index is 0.0213. The summed E-state index contributed by atoms with van der Waals surface area (Å²) >= 11 is 0. The molecule has 4 heterocycles. The van der Waals surface area contributed by atoms with Crippen molar-refractivity contribution >= 4 is 49.6 Å². The van der Waals surface area contributed by atoms with E-state index in [0.29, 0.717) is 5.90 Å². The van der Waals surface area contributed by atoms with Crippen molar-refractivity contribution in [1.82, 2.24) is 14.1 Å². The lowest BCUT2D eigenvalue weighted by atomic mass is 9.76. The van der Waals surface area contributed by atoms with Crippen LogP contribution in [-0.2, 0) is 16.5 Å². The second kappa shape index (κ2) is 12.2. The van der Waals surface area contributed by atoms with Crippen molar-refractivity contribution in [2.45, 2.75) is 98.1 Å². The Bertz CT molecular complexity index is 3070. The lowest BCUT2D eigenvalue weighted by Gasteiger charge is -2.36. The maximum atomic E-state index is 9.20. The molecule has 5 heteroatoms. The van der Waals surface area contributed by atoms with Crippen LogP contribution >= 0.6 is 0 Å². The van der Waals surface area contributed by atoms with Crippen LogP contribution in [0.3, 0.4) is 0 Å². The van der Waals surface area contributed by atoms with E-state index < -0.39 is 12.0 Å². The summed E-state index contributed by atoms with van der Waals surface area (Å²) in [4.78, 5) is 10.3. The number of hydrogen-bond acceptors (Lipinski definition) is 3. The molecular weight excluding hydrogens is 685 g/mol. The number of ether oxygens (including phenoxy) is 1. The summed E-state index contributed by atoms with van der Waals surface area (Å²) in [6, 6.07) is 35.2. The number of aryl methyl sites for hydroxylation is 2. The molecule has 0 amide bonds. The highest BCUT2D eigenvalue weighted by Crippen LogP contribution is 2.48. The molecule has 10 rings (SSSR count). The van der Waals surface area contributed by atoms with Crippen molar-refractivity contribution in [3.8, 4) is 11.4 Å². The standard InChI is InChI=1S/C51H50N4O/c1-29(2)33-24-34(49-53-47-40-16-13-31(4)32(5)38(40)20-21-51(47,9)56-49)26-37(25-33)54-44-18-12-30(3)23-42(44)39-17-15-36(28-46(39)54)55-45-19-14-35(50(6,7)8)27-43(45)41-11-10-22-52-48(41)55/h10-19,22-29,47H,20-21H2,1-9H3/t47-,51+/m1/s1/i20D2. The molecule has 1 aliphatic carbocycles. The first-order valence-corrected chi connectivity index (χ1v) is 20.0. The fourth-order valence-corrected chi connectivity index (χ4v) is 9.12. The normalized spacial score (nSPS) is 19.7. The van der Waals surface area contributed by atoms with E-state index in [1.807, 2.05) is 26.1 Å². The second-order valence-corrected chi connectivity index (χ2v) is 17.8. The Labute approximate surface area is 332 Å². The van der Waals surface area contributed by atoms with Crippen LogP contribution < -0.4 is 0 Å². The van der Waals surface area contributed by atoms with Gasteiger partial charge < -0.3 is 9.30 Å². The van der Waals surface area contributed by atoms with Gasteiger partial charge in [0, 0.05) is 47.4 Å². The highest BCUT2D eigenvalue weighted by molar-refractivity contribution is 6.12. The average molecular weight is 737 g/mol. The third kappa shape index (κ3) is 5.19. The van der Waals surface area contributed by atoms with Crippen LogP contribution in [0.15, 0.2) is 108 Å². The first-order valence-electron chi connectivity index (χ1n) is 21.0. The molecule has 0 spiro atoms. The second-order valence-electron chi connectivity index (χ2n) is 17.8. The van der Waals surface area contributed by atoms with Gasteiger partial charge in [-0.25, -0.2) is 9.98 Å². The third-order valence-electron chi connectivity index (χ3n) is 12.5. The van der Waals surface area contributed by atoms with Crippen molar-refractivity contribution in [2.75, 3.05) is 0 Å². The van der Waals surface area contributed by atoms with E-state index in [4.69, 9.17) is 14.7 Å². The number of fused-ring (bicyclic) bond motifs is 9. The summed E-state index contributed by atoms with van der Waals surface area (Å²) in [6.07, 6.45) is 0.584. The predicted octanol–water partition coefficient (Wildman–Crippen LogP) is 12.8. The molecule has 2 aliphatic rings. The Morgan fingerprint density at radius 1 is 0.786 bits per heavy atom. The van der Waals surface area contributed by atoms with Crippen LogP contribution in [0.2, 0.25) is 0 Å². The van der Waals surface area contributed by atoms with Gasteiger partial charge in [0.25, 0.3) is 0 Å². The number of pyridine rings is 1. The number of benzene rings is 5. The minimum Gasteiger partial charge on any atom is -0.468 e. The Balaban J connectivity index is 1.19. The van der Waals surface area contributed by atoms with Gasteiger partial charge in [0.15, 0.2) is 0 Å². The van der Waals surface area contributed by atoms with E-state index in [-0.39, 0.29) is 23.8 Å². The van der Waals surface area contributed by atoms with Crippen LogP contribution in [0, 0.1) is 20.8 Å². The van der Waals surface area contributed by atoms with E-state index in [2.05, 4.69) is 149 Å². The molecule has 0 N–H and O–H groups in total. The van der Waals surface area contributed by atoms with Crippen molar-refractivity contribution in [3.63, 3.8) is 0 Å². The summed E-state index contributed by atoms with van der Waals surface area (Å²) in [7, 11) is 0. The Kier molecular flexibility index (Phi) is 7.07. The lowest BCUT2D eigenvalue weighted by Crippen LogP contribution is -2.36. The number of hydrogen-bond donors (Lipinski definition) is 0. The zero-order valence-electron chi connectivity index (χ0n) is 35.9. The van der Waals surface area contributed by atoms with Crippen molar-refractivity contribution in [1.29, 1.82) is 0 Å². The molecule has 3 aromatic heterocycles. The zero-order valence-corrected chi connectivity index (χ0v) is 33.9. The molecule has 0 radical (unpaired) electrons. The summed E-state index contributed by atoms with van der Waals surface area (Å²) in [6.45, 7) is 19.5. The van der Waals surface area contributed by atoms with Gasteiger partial charge in [0.1, 0.15) is 17.3 Å². The van der Waals surface area contributed by atoms with Crippen LogP contribution in [-0.4, -0.2) is 25.6 Å². The summed E-state index contributed by atoms with van der Waals surface area (Å²) in [5.74, 6) is 0.813. The Morgan fingerprint density at radius 3 is 2.38 bits per heavy atom. The molecule has 2 atom stereocenters. The van der Waals surface area contributed by atoms with E-state index in [0.717, 1.165) is 66.8 Å². The van der Waals surface area contributed by atoms with Crippen LogP contribution in [0.4, 0.5) is 0 Å². The molecular formula is C51H50N4O. The first-order chi connectivity index (χ1) is 27.5. The molecule has 56 heavy (non-hydrogen) atoms. The topological polar surface area (TPSA) is 44.3 Å². The predicted molar refractivity (Wildman–Crippen MR) is 233 cm³/mol. The van der Waals surface area contributed by atoms with Gasteiger partial charge >= 0.3 is 0 Å². The van der Waals surface area contributed by atoms with Crippen molar-refractivity contribution in [2.24, 2.45) is 4.99 Å². The highest BCUT2D eigenvalue weighted by atomic mass is 16.5. The van der Waals surface area contributed by atoms with Gasteiger partial charge in [-0.1, -0.05) is 70.5 Å². The quantitative estimate of drug-likeness (QED) is 0.181. The molecule has 8 aromatic rings. The molecule has 0 saturated heterocycles. The van der Waals surface area contributed by atoms with Gasteiger partial charge in [0.2, 0.25) is 5.90 Å². The van der Waals surface area contributed by atoms with Crippen molar-refractivity contribution in [3.05, 3.63) is 148 Å². The third-order valence-corrected chi connectivity index (χ3v) is 12.5. The lowest BCUT2D eigenvalue weighted by molar-refractivity contribution is 0.0602. The van der Waals surface area contributed by atoms with Crippen LogP contribution in [0.5, 0.6) is 0 Å². The summed E-state index contributed by atoms with van der Waals surface area (Å²) in [5.41, 5.74) is 14.0. The fourth-order valence-electron chi connectivity index (χ4n) is 9.12. The maximum absolute atomic E-state index is 9.20. The molecule has 280 valence electrons. The van der Waals surface area contributed by atoms with Gasteiger partial charge in [-0.3, -0.25) is 4.57 Å². The van der Waals surface area contributed by atoms with Crippen LogP contribution in [0.25, 0.3) is 55.1 Å². The van der Waals surface area contributed by atoms with Gasteiger partial charge in [-0.15, -0.1) is 0 Å². The van der Waals surface area contributed by atoms with Gasteiger partial charge in [0.05, 0.1) is 16.6 Å². The molecule has 5 aromatic carbocycles. The number of rotatable bonds is 4. The molecule has 0 unspecified atom stereocenters. The monoisotopic (exact) mass is 736 g/mol. The highest BCUT2D eigenvalue weighted by Gasteiger charge is 2.47. The van der Waals surface area contributed by atoms with E-state index in [1.54, 1.807) is 0 Å². The van der Waals surface area contributed by atoms with E-state index in [9.17, 15) is 2.74 Å². The fraction of sp³-hybridized carbons (Fsp3) is 0.294. The Morgan fingerprint density at radius 2 is 1.57 bits per heavy atom. The smallest absolute Gasteiger partial charge is 0.217 e. The largest absolute Gasteiger partial charge is 0.468 e. The first kappa shape index (κ1) is 32.6. The SMILES string of the molecule is [2H]C1([2H])C[C@]2(C)OC(c3cc(C(C)C)cc(-n4c5ccc(C)cc5c5ccc(-n6c7ccc(C(C)(C)C)cc7c7cccnc76)cc54)c3)=N[C@@H]2c2ccc(C)c(C)c21. The number of aromatic nitrogens is 3. The van der Waals surface area contributed by atoms with Crippen molar-refractivity contribution < 1.29 is 7.48 Å². The van der Waals surface area contributed by atoms with Gasteiger partial charge in [-0.05, 0) is 152 Å². The van der Waals surface area contributed by atoms with E-state index in [1.165, 1.54) is 32.8 Å². The van der Waals surface area contributed by atoms with Gasteiger partial charge in [-0.2, -0.15) is 0 Å². The summed E-state index contributed by atoms with van der Waals surface area (Å²) < 4.78 is 30.0.